The van der Waals surface area contributed by atoms with Crippen LogP contribution >= 0.6 is 11.6 Å². The predicted octanol–water partition coefficient (Wildman–Crippen LogP) is 3.71. The molecule has 0 aliphatic rings. The molecule has 2 rings (SSSR count). The lowest BCUT2D eigenvalue weighted by atomic mass is 9.90. The van der Waals surface area contributed by atoms with E-state index in [1.807, 2.05) is 24.3 Å². The molecule has 0 amide bonds. The van der Waals surface area contributed by atoms with Gasteiger partial charge >= 0.3 is 0 Å². The SMILES string of the molecule is CCN(CC)C(C)(C)C(NN)c1cc2cc(Cl)ccc2o1. The second kappa shape index (κ2) is 6.36. The van der Waals surface area contributed by atoms with E-state index >= 15 is 0 Å². The van der Waals surface area contributed by atoms with Crippen molar-refractivity contribution < 1.29 is 4.42 Å². The number of rotatable bonds is 6. The smallest absolute Gasteiger partial charge is 0.134 e. The molecule has 116 valence electrons. The Morgan fingerprint density at radius 3 is 2.52 bits per heavy atom. The molecule has 0 spiro atoms. The van der Waals surface area contributed by atoms with E-state index in [9.17, 15) is 0 Å². The van der Waals surface area contributed by atoms with E-state index in [-0.39, 0.29) is 11.6 Å². The van der Waals surface area contributed by atoms with Crippen molar-refractivity contribution in [3.63, 3.8) is 0 Å². The second-order valence-corrected chi connectivity index (χ2v) is 6.19. The molecule has 2 aromatic rings. The van der Waals surface area contributed by atoms with E-state index in [0.717, 1.165) is 29.8 Å². The lowest BCUT2D eigenvalue weighted by Crippen LogP contribution is -2.54. The number of nitrogens with zero attached hydrogens (tertiary/aromatic N) is 1. The summed E-state index contributed by atoms with van der Waals surface area (Å²) >= 11 is 6.04. The van der Waals surface area contributed by atoms with Gasteiger partial charge in [0.1, 0.15) is 11.3 Å². The molecule has 1 atom stereocenters. The zero-order valence-corrected chi connectivity index (χ0v) is 13.9. The summed E-state index contributed by atoms with van der Waals surface area (Å²) in [5.74, 6) is 6.65. The third-order valence-corrected chi connectivity index (χ3v) is 4.47. The number of furan rings is 1. The van der Waals surface area contributed by atoms with Crippen molar-refractivity contribution in [1.29, 1.82) is 0 Å². The minimum atomic E-state index is -0.171. The van der Waals surface area contributed by atoms with Crippen molar-refractivity contribution in [2.75, 3.05) is 13.1 Å². The van der Waals surface area contributed by atoms with Gasteiger partial charge in [-0.25, -0.2) is 5.43 Å². The van der Waals surface area contributed by atoms with E-state index in [1.165, 1.54) is 0 Å². The van der Waals surface area contributed by atoms with E-state index in [2.05, 4.69) is 38.0 Å². The molecule has 0 saturated heterocycles. The van der Waals surface area contributed by atoms with Crippen molar-refractivity contribution in [1.82, 2.24) is 10.3 Å². The van der Waals surface area contributed by atoms with Gasteiger partial charge in [-0.3, -0.25) is 10.7 Å². The zero-order chi connectivity index (χ0) is 15.6. The Kier molecular flexibility index (Phi) is 4.94. The maximum Gasteiger partial charge on any atom is 0.134 e. The van der Waals surface area contributed by atoms with Gasteiger partial charge in [0.05, 0.1) is 6.04 Å². The zero-order valence-electron chi connectivity index (χ0n) is 13.1. The maximum atomic E-state index is 6.04. The first-order valence-electron chi connectivity index (χ1n) is 7.34. The highest BCUT2D eigenvalue weighted by molar-refractivity contribution is 6.31. The van der Waals surface area contributed by atoms with Gasteiger partial charge in [-0.2, -0.15) is 0 Å². The lowest BCUT2D eigenvalue weighted by Gasteiger charge is -2.42. The lowest BCUT2D eigenvalue weighted by molar-refractivity contribution is 0.0827. The van der Waals surface area contributed by atoms with Gasteiger partial charge in [0.25, 0.3) is 0 Å². The second-order valence-electron chi connectivity index (χ2n) is 5.76. The first-order chi connectivity index (χ1) is 9.93. The van der Waals surface area contributed by atoms with E-state index in [4.69, 9.17) is 21.9 Å². The van der Waals surface area contributed by atoms with Crippen LogP contribution in [0.25, 0.3) is 11.0 Å². The van der Waals surface area contributed by atoms with E-state index in [1.54, 1.807) is 0 Å². The summed E-state index contributed by atoms with van der Waals surface area (Å²) in [6.07, 6.45) is 0. The highest BCUT2D eigenvalue weighted by atomic mass is 35.5. The molecule has 0 bridgehead atoms. The molecule has 1 heterocycles. The number of fused-ring (bicyclic) bond motifs is 1. The highest BCUT2D eigenvalue weighted by Crippen LogP contribution is 2.34. The van der Waals surface area contributed by atoms with Crippen LogP contribution in [0.2, 0.25) is 5.02 Å². The fraction of sp³-hybridized carbons (Fsp3) is 0.500. The predicted molar refractivity (Wildman–Crippen MR) is 88.3 cm³/mol. The number of hydrogen-bond donors (Lipinski definition) is 2. The molecule has 0 aliphatic carbocycles. The average Bonchev–Trinajstić information content (AvgIpc) is 2.82. The Bertz CT molecular complexity index is 605. The standard InChI is InChI=1S/C16H24ClN3O/c1-5-20(6-2)16(3,4)15(19-18)14-10-11-9-12(17)7-8-13(11)21-14/h7-10,15,19H,5-6,18H2,1-4H3. The number of hydrogen-bond acceptors (Lipinski definition) is 4. The molecular formula is C16H24ClN3O. The molecule has 0 aliphatic heterocycles. The monoisotopic (exact) mass is 309 g/mol. The Hall–Kier alpha value is -1.07. The Labute approximate surface area is 131 Å². The van der Waals surface area contributed by atoms with Crippen LogP contribution < -0.4 is 11.3 Å². The van der Waals surface area contributed by atoms with E-state index < -0.39 is 0 Å². The van der Waals surface area contributed by atoms with Crippen LogP contribution in [0.5, 0.6) is 0 Å². The van der Waals surface area contributed by atoms with Gasteiger partial charge in [-0.15, -0.1) is 0 Å². The van der Waals surface area contributed by atoms with Crippen LogP contribution in [0.15, 0.2) is 28.7 Å². The highest BCUT2D eigenvalue weighted by Gasteiger charge is 2.36. The maximum absolute atomic E-state index is 6.04. The number of halogens is 1. The van der Waals surface area contributed by atoms with Crippen LogP contribution in [0.4, 0.5) is 0 Å². The number of benzene rings is 1. The van der Waals surface area contributed by atoms with Gasteiger partial charge < -0.3 is 4.42 Å². The van der Waals surface area contributed by atoms with Crippen molar-refractivity contribution in [2.45, 2.75) is 39.3 Å². The van der Waals surface area contributed by atoms with Crippen molar-refractivity contribution in [3.8, 4) is 0 Å². The average molecular weight is 310 g/mol. The minimum absolute atomic E-state index is 0.108. The fourth-order valence-corrected chi connectivity index (χ4v) is 3.21. The number of hydrazine groups is 1. The first kappa shape index (κ1) is 16.3. The molecule has 1 unspecified atom stereocenters. The van der Waals surface area contributed by atoms with Crippen molar-refractivity contribution in [2.24, 2.45) is 5.84 Å². The largest absolute Gasteiger partial charge is 0.459 e. The summed E-state index contributed by atoms with van der Waals surface area (Å²) in [5, 5.41) is 1.70. The Morgan fingerprint density at radius 1 is 1.29 bits per heavy atom. The first-order valence-corrected chi connectivity index (χ1v) is 7.72. The molecule has 1 aromatic carbocycles. The van der Waals surface area contributed by atoms with Crippen LogP contribution in [0.3, 0.4) is 0 Å². The molecule has 0 radical (unpaired) electrons. The van der Waals surface area contributed by atoms with Crippen LogP contribution in [0, 0.1) is 0 Å². The third-order valence-electron chi connectivity index (χ3n) is 4.23. The van der Waals surface area contributed by atoms with Crippen LogP contribution in [-0.4, -0.2) is 23.5 Å². The van der Waals surface area contributed by atoms with Gasteiger partial charge in [-0.1, -0.05) is 25.4 Å². The van der Waals surface area contributed by atoms with Gasteiger partial charge in [0.15, 0.2) is 0 Å². The van der Waals surface area contributed by atoms with Crippen molar-refractivity contribution in [3.05, 3.63) is 35.0 Å². The molecule has 4 nitrogen and oxygen atoms in total. The molecule has 0 fully saturated rings. The fourth-order valence-electron chi connectivity index (χ4n) is 3.03. The van der Waals surface area contributed by atoms with Crippen molar-refractivity contribution >= 4 is 22.6 Å². The quantitative estimate of drug-likeness (QED) is 0.631. The minimum Gasteiger partial charge on any atom is -0.459 e. The molecule has 3 N–H and O–H groups in total. The summed E-state index contributed by atoms with van der Waals surface area (Å²) in [4.78, 5) is 2.36. The molecule has 1 aromatic heterocycles. The van der Waals surface area contributed by atoms with Gasteiger partial charge in [-0.05, 0) is 51.2 Å². The summed E-state index contributed by atoms with van der Waals surface area (Å²) in [5.41, 5.74) is 3.57. The summed E-state index contributed by atoms with van der Waals surface area (Å²) < 4.78 is 5.97. The van der Waals surface area contributed by atoms with E-state index in [0.29, 0.717) is 5.02 Å². The molecule has 5 heteroatoms. The molecular weight excluding hydrogens is 286 g/mol. The third kappa shape index (κ3) is 3.09. The number of nitrogens with one attached hydrogen (secondary N) is 1. The Balaban J connectivity index is 2.43. The number of nitrogens with two attached hydrogens (primary N) is 1. The summed E-state index contributed by atoms with van der Waals surface area (Å²) in [7, 11) is 0. The summed E-state index contributed by atoms with van der Waals surface area (Å²) in [6, 6.07) is 7.53. The van der Waals surface area contributed by atoms with Crippen LogP contribution in [0.1, 0.15) is 39.5 Å². The topological polar surface area (TPSA) is 54.4 Å². The Morgan fingerprint density at radius 2 is 1.95 bits per heavy atom. The molecule has 0 saturated carbocycles. The summed E-state index contributed by atoms with van der Waals surface area (Å²) in [6.45, 7) is 10.5. The van der Waals surface area contributed by atoms with Crippen LogP contribution in [-0.2, 0) is 0 Å². The van der Waals surface area contributed by atoms with Gasteiger partial charge in [0.2, 0.25) is 0 Å². The van der Waals surface area contributed by atoms with Gasteiger partial charge in [0, 0.05) is 15.9 Å². The number of likely N-dealkylation sites (N-methyl/N-ethyl adjacent to an activating group) is 1. The molecule has 21 heavy (non-hydrogen) atoms. The normalized spacial score (nSPS) is 14.0.